The third kappa shape index (κ3) is 4.26. The molecule has 0 bridgehead atoms. The van der Waals surface area contributed by atoms with E-state index in [1.165, 1.54) is 55.0 Å². The Morgan fingerprint density at radius 1 is 0.463 bits per heavy atom. The molecule has 0 aliphatic carbocycles. The minimum atomic E-state index is -1.52. The van der Waals surface area contributed by atoms with E-state index in [4.69, 9.17) is 0 Å². The Labute approximate surface area is 248 Å². The number of rotatable bonds is 4. The first-order valence-electron chi connectivity index (χ1n) is 14.3. The molecule has 5 aromatic carbocycles. The SMILES string of the molecule is Bc1c(B)c(B)c2c(c1B)c1c(B)c(B(O)O)c(B)c(B)c1n2-c1ccc(-c2cccc(-c3ccccc3)c2)cc1. The molecule has 3 nitrogen and oxygen atoms in total. The second kappa shape index (κ2) is 10.3. The van der Waals surface area contributed by atoms with Crippen LogP contribution in [0.1, 0.15) is 0 Å². The molecule has 0 fully saturated rings. The van der Waals surface area contributed by atoms with Crippen molar-refractivity contribution in [2.24, 2.45) is 0 Å². The number of nitrogens with zero attached hydrogens (tertiary/aromatic N) is 1. The number of fused-ring (bicyclic) bond motifs is 3. The molecule has 0 unspecified atom stereocenters. The predicted octanol–water partition coefficient (Wildman–Crippen LogP) is -6.39. The van der Waals surface area contributed by atoms with Gasteiger partial charge in [0, 0.05) is 16.7 Å². The molecular formula is C30H29B8NO2. The Morgan fingerprint density at radius 3 is 1.54 bits per heavy atom. The minimum absolute atomic E-state index is 0.609. The maximum absolute atomic E-state index is 10.4. The van der Waals surface area contributed by atoms with Crippen LogP contribution >= 0.6 is 0 Å². The maximum atomic E-state index is 10.4. The molecule has 6 aromatic rings. The third-order valence-electron chi connectivity index (χ3n) is 9.38. The smallest absolute Gasteiger partial charge is 0.423 e. The summed E-state index contributed by atoms with van der Waals surface area (Å²) >= 11 is 0. The van der Waals surface area contributed by atoms with Gasteiger partial charge in [0.15, 0.2) is 0 Å². The molecule has 0 saturated carbocycles. The monoisotopic (exact) mass is 523 g/mol. The van der Waals surface area contributed by atoms with Gasteiger partial charge in [-0.25, -0.2) is 0 Å². The quantitative estimate of drug-likeness (QED) is 0.227. The van der Waals surface area contributed by atoms with Crippen LogP contribution in [0.15, 0.2) is 78.9 Å². The van der Waals surface area contributed by atoms with Gasteiger partial charge in [0.05, 0.1) is 0 Å². The summed E-state index contributed by atoms with van der Waals surface area (Å²) in [6.07, 6.45) is 0. The van der Waals surface area contributed by atoms with E-state index in [0.717, 1.165) is 33.0 Å². The zero-order valence-corrected chi connectivity index (χ0v) is 24.9. The van der Waals surface area contributed by atoms with E-state index in [-0.39, 0.29) is 0 Å². The van der Waals surface area contributed by atoms with Crippen LogP contribution in [-0.2, 0) is 0 Å². The van der Waals surface area contributed by atoms with E-state index in [2.05, 4.69) is 117 Å². The summed E-state index contributed by atoms with van der Waals surface area (Å²) < 4.78 is 2.40. The Hall–Kier alpha value is -3.66. The lowest BCUT2D eigenvalue weighted by atomic mass is 9.59. The molecule has 6 rings (SSSR count). The molecule has 0 atom stereocenters. The van der Waals surface area contributed by atoms with Crippen molar-refractivity contribution in [1.29, 1.82) is 0 Å². The summed E-state index contributed by atoms with van der Waals surface area (Å²) in [7, 11) is 13.4. The van der Waals surface area contributed by atoms with E-state index in [9.17, 15) is 10.0 Å². The molecule has 1 aromatic heterocycles. The van der Waals surface area contributed by atoms with Crippen LogP contribution in [0.4, 0.5) is 0 Å². The van der Waals surface area contributed by atoms with Crippen LogP contribution in [0.2, 0.25) is 0 Å². The highest BCUT2D eigenvalue weighted by Gasteiger charge is 2.27. The standard InChI is InChI=1S/C30H29B8NO2/c31-21-19-20-22(32)28(38(40)41)25(35)27(37)30(20)39(29(19)26(36)24(34)23(21)33)18-11-9-15(10-12-18)17-8-4-7-16(13-17)14-5-2-1-3-6-14/h1-13,40-41H,31-37H2. The average molecular weight is 522 g/mol. The average Bonchev–Trinajstić information content (AvgIpc) is 3.35. The molecule has 0 amide bonds. The maximum Gasteiger partial charge on any atom is 0.487 e. The highest BCUT2D eigenvalue weighted by molar-refractivity contribution is 6.76. The molecule has 41 heavy (non-hydrogen) atoms. The number of benzene rings is 5. The lowest BCUT2D eigenvalue weighted by molar-refractivity contribution is 0.426. The lowest BCUT2D eigenvalue weighted by Gasteiger charge is -2.18. The van der Waals surface area contributed by atoms with Gasteiger partial charge in [-0.15, -0.1) is 5.46 Å². The minimum Gasteiger partial charge on any atom is -0.423 e. The van der Waals surface area contributed by atoms with Crippen LogP contribution in [0.5, 0.6) is 0 Å². The third-order valence-corrected chi connectivity index (χ3v) is 9.38. The first-order valence-corrected chi connectivity index (χ1v) is 14.3. The normalized spacial score (nSPS) is 11.4. The van der Waals surface area contributed by atoms with E-state index in [1.807, 2.05) is 21.8 Å². The van der Waals surface area contributed by atoms with Crippen molar-refractivity contribution in [3.63, 3.8) is 0 Å². The number of hydrogen-bond donors (Lipinski definition) is 2. The van der Waals surface area contributed by atoms with Crippen LogP contribution in [0.25, 0.3) is 49.7 Å². The molecule has 2 N–H and O–H groups in total. The second-order valence-corrected chi connectivity index (χ2v) is 11.4. The van der Waals surface area contributed by atoms with E-state index >= 15 is 0 Å². The van der Waals surface area contributed by atoms with Gasteiger partial charge >= 0.3 is 7.12 Å². The van der Waals surface area contributed by atoms with Crippen LogP contribution < -0.4 is 43.7 Å². The van der Waals surface area contributed by atoms with E-state index < -0.39 is 7.12 Å². The topological polar surface area (TPSA) is 45.4 Å². The van der Waals surface area contributed by atoms with Crippen molar-refractivity contribution >= 4 is 128 Å². The van der Waals surface area contributed by atoms with Gasteiger partial charge in [-0.1, -0.05) is 93.4 Å². The molecule has 190 valence electrons. The van der Waals surface area contributed by atoms with Crippen molar-refractivity contribution in [3.05, 3.63) is 78.9 Å². The Morgan fingerprint density at radius 2 is 0.951 bits per heavy atom. The van der Waals surface area contributed by atoms with Gasteiger partial charge in [-0.3, -0.25) is 0 Å². The molecule has 1 heterocycles. The first-order chi connectivity index (χ1) is 19.6. The van der Waals surface area contributed by atoms with E-state index in [0.29, 0.717) is 5.46 Å². The second-order valence-electron chi connectivity index (χ2n) is 11.4. The summed E-state index contributed by atoms with van der Waals surface area (Å²) in [5.41, 5.74) is 16.8. The zero-order chi connectivity index (χ0) is 29.2. The highest BCUT2D eigenvalue weighted by Crippen LogP contribution is 2.30. The zero-order valence-electron chi connectivity index (χ0n) is 24.9. The van der Waals surface area contributed by atoms with Gasteiger partial charge in [0.25, 0.3) is 0 Å². The predicted molar refractivity (Wildman–Crippen MR) is 199 cm³/mol. The summed E-state index contributed by atoms with van der Waals surface area (Å²) in [6.45, 7) is 0. The molecule has 0 spiro atoms. The molecule has 11 heteroatoms. The Bertz CT molecular complexity index is 1990. The highest BCUT2D eigenvalue weighted by atomic mass is 16.4. The van der Waals surface area contributed by atoms with Crippen molar-refractivity contribution < 1.29 is 10.0 Å². The van der Waals surface area contributed by atoms with Gasteiger partial charge in [0.1, 0.15) is 54.9 Å². The summed E-state index contributed by atoms with van der Waals surface area (Å²) in [6, 6.07) is 28.0. The first kappa shape index (κ1) is 27.5. The summed E-state index contributed by atoms with van der Waals surface area (Å²) in [5.74, 6) is 0. The molecule has 0 radical (unpaired) electrons. The van der Waals surface area contributed by atoms with Gasteiger partial charge in [0.2, 0.25) is 0 Å². The molecule has 0 aliphatic heterocycles. The van der Waals surface area contributed by atoms with Crippen molar-refractivity contribution in [2.75, 3.05) is 0 Å². The molecule has 0 saturated heterocycles. The Balaban J connectivity index is 1.62. The number of hydrogen-bond acceptors (Lipinski definition) is 2. The summed E-state index contributed by atoms with van der Waals surface area (Å²) in [4.78, 5) is 0. The fourth-order valence-electron chi connectivity index (χ4n) is 6.69. The largest absolute Gasteiger partial charge is 0.487 e. The van der Waals surface area contributed by atoms with Crippen LogP contribution in [0.3, 0.4) is 0 Å². The molecule has 0 aliphatic rings. The van der Waals surface area contributed by atoms with Crippen molar-refractivity contribution in [1.82, 2.24) is 4.57 Å². The van der Waals surface area contributed by atoms with Crippen molar-refractivity contribution in [2.45, 2.75) is 0 Å². The van der Waals surface area contributed by atoms with Gasteiger partial charge in [-0.2, -0.15) is 0 Å². The fourth-order valence-corrected chi connectivity index (χ4v) is 6.69. The van der Waals surface area contributed by atoms with Gasteiger partial charge < -0.3 is 14.6 Å². The fraction of sp³-hybridized carbons (Fsp3) is 0. The molecular weight excluding hydrogens is 493 g/mol. The van der Waals surface area contributed by atoms with Gasteiger partial charge in [-0.05, 0) is 56.7 Å². The summed E-state index contributed by atoms with van der Waals surface area (Å²) in [5, 5.41) is 23.0. The number of aromatic nitrogens is 1. The van der Waals surface area contributed by atoms with E-state index in [1.54, 1.807) is 0 Å². The van der Waals surface area contributed by atoms with Crippen LogP contribution in [-0.4, -0.2) is 76.7 Å². The van der Waals surface area contributed by atoms with Crippen molar-refractivity contribution in [3.8, 4) is 27.9 Å². The van der Waals surface area contributed by atoms with Crippen LogP contribution in [0, 0.1) is 0 Å². The Kier molecular flexibility index (Phi) is 6.92. The lowest BCUT2D eigenvalue weighted by Crippen LogP contribution is -2.56.